The smallest absolute Gasteiger partial charge is 0.323 e. The maximum atomic E-state index is 12.1. The molecule has 1 aliphatic heterocycles. The van der Waals surface area contributed by atoms with Crippen molar-refractivity contribution in [3.8, 4) is 0 Å². The van der Waals surface area contributed by atoms with Crippen molar-refractivity contribution >= 4 is 5.97 Å². The van der Waals surface area contributed by atoms with Gasteiger partial charge in [0.05, 0.1) is 7.11 Å². The topological polar surface area (TPSA) is 32.8 Å². The van der Waals surface area contributed by atoms with E-state index in [-0.39, 0.29) is 12.0 Å². The van der Waals surface area contributed by atoms with Gasteiger partial charge in [-0.05, 0) is 25.8 Å². The molecule has 1 saturated heterocycles. The first-order valence-corrected chi connectivity index (χ1v) is 7.23. The van der Waals surface area contributed by atoms with Gasteiger partial charge in [-0.2, -0.15) is 0 Å². The molecule has 1 heterocycles. The predicted octanol–water partition coefficient (Wildman–Crippen LogP) is 1.36. The van der Waals surface area contributed by atoms with Crippen molar-refractivity contribution in [1.82, 2.24) is 9.80 Å². The van der Waals surface area contributed by atoms with Crippen molar-refractivity contribution in [3.63, 3.8) is 0 Å². The van der Waals surface area contributed by atoms with Crippen molar-refractivity contribution < 1.29 is 9.53 Å². The van der Waals surface area contributed by atoms with E-state index in [9.17, 15) is 4.79 Å². The van der Waals surface area contributed by atoms with Crippen LogP contribution in [0.5, 0.6) is 0 Å². The summed E-state index contributed by atoms with van der Waals surface area (Å²) in [5.41, 5.74) is 0. The molecule has 0 radical (unpaired) electrons. The molecule has 2 fully saturated rings. The third-order valence-corrected chi connectivity index (χ3v) is 4.47. The molecular weight excluding hydrogens is 228 g/mol. The average Bonchev–Trinajstić information content (AvgIpc) is 2.42. The first kappa shape index (κ1) is 13.8. The Hall–Kier alpha value is -0.610. The van der Waals surface area contributed by atoms with Crippen LogP contribution in [0.3, 0.4) is 0 Å². The molecule has 1 atom stereocenters. The molecule has 0 N–H and O–H groups in total. The first-order valence-electron chi connectivity index (χ1n) is 7.23. The highest BCUT2D eigenvalue weighted by atomic mass is 16.5. The van der Waals surface area contributed by atoms with Crippen LogP contribution in [0.15, 0.2) is 0 Å². The summed E-state index contributed by atoms with van der Waals surface area (Å²) in [5, 5.41) is 0. The summed E-state index contributed by atoms with van der Waals surface area (Å²) in [6, 6.07) is 0.00370. The molecule has 0 aromatic heterocycles. The summed E-state index contributed by atoms with van der Waals surface area (Å²) in [4.78, 5) is 16.8. The lowest BCUT2D eigenvalue weighted by atomic mass is 9.83. The molecule has 104 valence electrons. The highest BCUT2D eigenvalue weighted by Gasteiger charge is 2.36. The molecule has 1 aliphatic carbocycles. The third kappa shape index (κ3) is 3.23. The monoisotopic (exact) mass is 254 g/mol. The molecule has 4 nitrogen and oxygen atoms in total. The Bertz CT molecular complexity index is 269. The van der Waals surface area contributed by atoms with Gasteiger partial charge in [-0.25, -0.2) is 0 Å². The van der Waals surface area contributed by atoms with Crippen molar-refractivity contribution in [2.24, 2.45) is 5.92 Å². The predicted molar refractivity (Wildman–Crippen MR) is 71.4 cm³/mol. The van der Waals surface area contributed by atoms with Gasteiger partial charge in [0.15, 0.2) is 0 Å². The van der Waals surface area contributed by atoms with E-state index in [4.69, 9.17) is 4.74 Å². The van der Waals surface area contributed by atoms with Gasteiger partial charge >= 0.3 is 5.97 Å². The van der Waals surface area contributed by atoms with Gasteiger partial charge in [-0.3, -0.25) is 9.69 Å². The van der Waals surface area contributed by atoms with E-state index in [1.54, 1.807) is 0 Å². The van der Waals surface area contributed by atoms with E-state index in [2.05, 4.69) is 16.8 Å². The van der Waals surface area contributed by atoms with Crippen molar-refractivity contribution in [2.75, 3.05) is 40.3 Å². The summed E-state index contributed by atoms with van der Waals surface area (Å²) < 4.78 is 5.05. The fraction of sp³-hybridized carbons (Fsp3) is 0.929. The lowest BCUT2D eigenvalue weighted by molar-refractivity contribution is -0.150. The van der Waals surface area contributed by atoms with Crippen LogP contribution < -0.4 is 0 Å². The number of ether oxygens (including phenoxy) is 1. The average molecular weight is 254 g/mol. The molecule has 0 aromatic rings. The van der Waals surface area contributed by atoms with E-state index in [1.165, 1.54) is 39.2 Å². The number of hydrogen-bond acceptors (Lipinski definition) is 4. The largest absolute Gasteiger partial charge is 0.468 e. The molecule has 2 aliphatic rings. The Kier molecular flexibility index (Phi) is 5.01. The highest BCUT2D eigenvalue weighted by molar-refractivity contribution is 5.76. The normalized spacial score (nSPS) is 25.9. The number of rotatable bonds is 3. The Balaban J connectivity index is 2.01. The van der Waals surface area contributed by atoms with Crippen LogP contribution in [0.25, 0.3) is 0 Å². The molecule has 0 spiro atoms. The van der Waals surface area contributed by atoms with E-state index in [0.717, 1.165) is 26.2 Å². The highest BCUT2D eigenvalue weighted by Crippen LogP contribution is 2.30. The molecule has 18 heavy (non-hydrogen) atoms. The lowest BCUT2D eigenvalue weighted by Crippen LogP contribution is -2.54. The molecule has 0 aromatic carbocycles. The lowest BCUT2D eigenvalue weighted by Gasteiger charge is -2.40. The van der Waals surface area contributed by atoms with Crippen LogP contribution in [0, 0.1) is 5.92 Å². The van der Waals surface area contributed by atoms with Crippen LogP contribution >= 0.6 is 0 Å². The minimum Gasteiger partial charge on any atom is -0.468 e. The number of likely N-dealkylation sites (N-methyl/N-ethyl adjacent to an activating group) is 1. The molecule has 1 unspecified atom stereocenters. The minimum atomic E-state index is -0.0218. The number of carbonyl (C=O) groups is 1. The molecule has 0 bridgehead atoms. The maximum absolute atomic E-state index is 12.1. The molecular formula is C14H26N2O2. The summed E-state index contributed by atoms with van der Waals surface area (Å²) in [7, 11) is 3.67. The van der Waals surface area contributed by atoms with Crippen molar-refractivity contribution in [1.29, 1.82) is 0 Å². The van der Waals surface area contributed by atoms with Crippen molar-refractivity contribution in [2.45, 2.75) is 38.1 Å². The summed E-state index contributed by atoms with van der Waals surface area (Å²) in [6.07, 6.45) is 6.24. The molecule has 1 saturated carbocycles. The zero-order valence-corrected chi connectivity index (χ0v) is 11.7. The van der Waals surface area contributed by atoms with Crippen LogP contribution in [-0.2, 0) is 9.53 Å². The van der Waals surface area contributed by atoms with Crippen LogP contribution in [0.1, 0.15) is 32.1 Å². The zero-order chi connectivity index (χ0) is 13.0. The Morgan fingerprint density at radius 3 is 2.28 bits per heavy atom. The molecule has 2 rings (SSSR count). The van der Waals surface area contributed by atoms with Gasteiger partial charge < -0.3 is 9.64 Å². The van der Waals surface area contributed by atoms with Crippen LogP contribution in [0.4, 0.5) is 0 Å². The number of carbonyl (C=O) groups excluding carboxylic acids is 1. The first-order chi connectivity index (χ1) is 8.72. The summed E-state index contributed by atoms with van der Waals surface area (Å²) in [6.45, 7) is 4.10. The van der Waals surface area contributed by atoms with Gasteiger partial charge in [0.25, 0.3) is 0 Å². The Morgan fingerprint density at radius 1 is 1.11 bits per heavy atom. The SMILES string of the molecule is COC(=O)C(C1CCCCC1)N1CCN(C)CC1. The molecule has 4 heteroatoms. The number of piperazine rings is 1. The fourth-order valence-electron chi connectivity index (χ4n) is 3.31. The third-order valence-electron chi connectivity index (χ3n) is 4.47. The second-order valence-corrected chi connectivity index (χ2v) is 5.71. The second-order valence-electron chi connectivity index (χ2n) is 5.71. The van der Waals surface area contributed by atoms with E-state index >= 15 is 0 Å². The van der Waals surface area contributed by atoms with E-state index < -0.39 is 0 Å². The quantitative estimate of drug-likeness (QED) is 0.712. The van der Waals surface area contributed by atoms with Gasteiger partial charge in [0.1, 0.15) is 6.04 Å². The number of nitrogens with zero attached hydrogens (tertiary/aromatic N) is 2. The van der Waals surface area contributed by atoms with Crippen LogP contribution in [0.2, 0.25) is 0 Å². The van der Waals surface area contributed by atoms with Gasteiger partial charge in [-0.1, -0.05) is 19.3 Å². The summed E-state index contributed by atoms with van der Waals surface area (Å²) >= 11 is 0. The van der Waals surface area contributed by atoms with Gasteiger partial charge in [0, 0.05) is 26.2 Å². The number of hydrogen-bond donors (Lipinski definition) is 0. The zero-order valence-electron chi connectivity index (χ0n) is 11.7. The van der Waals surface area contributed by atoms with Gasteiger partial charge in [0.2, 0.25) is 0 Å². The molecule has 0 amide bonds. The van der Waals surface area contributed by atoms with E-state index in [1.807, 2.05) is 0 Å². The maximum Gasteiger partial charge on any atom is 0.323 e. The van der Waals surface area contributed by atoms with Crippen LogP contribution in [-0.4, -0.2) is 62.1 Å². The summed E-state index contributed by atoms with van der Waals surface area (Å²) in [5.74, 6) is 0.487. The Morgan fingerprint density at radius 2 is 1.72 bits per heavy atom. The second kappa shape index (κ2) is 6.53. The number of methoxy groups -OCH3 is 1. The van der Waals surface area contributed by atoms with Gasteiger partial charge in [-0.15, -0.1) is 0 Å². The van der Waals surface area contributed by atoms with Crippen molar-refractivity contribution in [3.05, 3.63) is 0 Å². The number of esters is 1. The fourth-order valence-corrected chi connectivity index (χ4v) is 3.31. The minimum absolute atomic E-state index is 0.00370. The van der Waals surface area contributed by atoms with E-state index in [0.29, 0.717) is 5.92 Å². The standard InChI is InChI=1S/C14H26N2O2/c1-15-8-10-16(11-9-15)13(14(17)18-2)12-6-4-3-5-7-12/h12-13H,3-11H2,1-2H3. The Labute approximate surface area is 110 Å².